The van der Waals surface area contributed by atoms with E-state index in [9.17, 15) is 4.79 Å². The van der Waals surface area contributed by atoms with Crippen molar-refractivity contribution in [3.8, 4) is 32.3 Å². The summed E-state index contributed by atoms with van der Waals surface area (Å²) in [5, 5.41) is 4.04. The van der Waals surface area contributed by atoms with Gasteiger partial charge in [0.2, 0.25) is 5.91 Å². The number of H-pyrrole nitrogens is 1. The first kappa shape index (κ1) is 18.4. The molecule has 1 aromatic carbocycles. The number of carbonyl (C=O) groups is 1. The number of aromatic nitrogens is 3. The number of anilines is 1. The van der Waals surface area contributed by atoms with Gasteiger partial charge in [-0.25, -0.2) is 9.97 Å². The Morgan fingerprint density at radius 1 is 0.966 bits per heavy atom. The summed E-state index contributed by atoms with van der Waals surface area (Å²) in [5.41, 5.74) is 3.98. The fraction of sp³-hybridized carbons (Fsp3) is 0.0952. The molecule has 144 valence electrons. The van der Waals surface area contributed by atoms with Gasteiger partial charge in [-0.1, -0.05) is 29.3 Å². The molecule has 4 aromatic rings. The van der Waals surface area contributed by atoms with E-state index in [-0.39, 0.29) is 5.91 Å². The van der Waals surface area contributed by atoms with Crippen molar-refractivity contribution in [2.45, 2.75) is 12.8 Å². The minimum absolute atomic E-state index is 0.00163. The lowest BCUT2D eigenvalue weighted by atomic mass is 9.98. The van der Waals surface area contributed by atoms with Crippen molar-refractivity contribution in [1.82, 2.24) is 15.0 Å². The van der Waals surface area contributed by atoms with E-state index in [1.165, 1.54) is 0 Å². The number of hydrogen-bond acceptors (Lipinski definition) is 4. The highest BCUT2D eigenvalue weighted by Gasteiger charge is 2.23. The van der Waals surface area contributed by atoms with E-state index in [1.807, 2.05) is 18.2 Å². The fourth-order valence-electron chi connectivity index (χ4n) is 3.51. The molecular formula is C21H14Cl2N4OS. The molecule has 3 aromatic heterocycles. The van der Waals surface area contributed by atoms with Crippen LogP contribution < -0.4 is 5.32 Å². The molecule has 0 spiro atoms. The van der Waals surface area contributed by atoms with Crippen LogP contribution in [0.1, 0.15) is 12.0 Å². The van der Waals surface area contributed by atoms with Crippen LogP contribution in [-0.4, -0.2) is 20.9 Å². The van der Waals surface area contributed by atoms with Gasteiger partial charge < -0.3 is 10.3 Å². The number of halogens is 2. The van der Waals surface area contributed by atoms with Crippen LogP contribution in [0.3, 0.4) is 0 Å². The van der Waals surface area contributed by atoms with Crippen LogP contribution in [0.2, 0.25) is 10.0 Å². The summed E-state index contributed by atoms with van der Waals surface area (Å²) < 4.78 is 0. The molecule has 0 bridgehead atoms. The molecule has 0 saturated carbocycles. The largest absolute Gasteiger partial charge is 0.344 e. The Morgan fingerprint density at radius 3 is 2.66 bits per heavy atom. The van der Waals surface area contributed by atoms with E-state index in [2.05, 4.69) is 26.3 Å². The molecule has 0 fully saturated rings. The second kappa shape index (κ2) is 7.30. The minimum atomic E-state index is -0.00163. The summed E-state index contributed by atoms with van der Waals surface area (Å²) in [5.74, 6) is 1.41. The van der Waals surface area contributed by atoms with Crippen LogP contribution in [-0.2, 0) is 11.2 Å². The molecule has 8 heteroatoms. The van der Waals surface area contributed by atoms with Crippen molar-refractivity contribution in [3.63, 3.8) is 0 Å². The Bertz CT molecular complexity index is 1230. The third-order valence-corrected chi connectivity index (χ3v) is 6.57. The summed E-state index contributed by atoms with van der Waals surface area (Å²) in [6.07, 6.45) is 6.37. The normalized spacial score (nSPS) is 13.2. The topological polar surface area (TPSA) is 70.7 Å². The SMILES string of the molecule is O=C1CCc2c(-c3cc(-c4ccc(Cl)cc4Cl)c(-c4ncc[nH]4)s3)ccnc2N1. The van der Waals surface area contributed by atoms with Crippen LogP contribution >= 0.6 is 34.5 Å². The summed E-state index contributed by atoms with van der Waals surface area (Å²) in [4.78, 5) is 25.8. The first-order valence-electron chi connectivity index (χ1n) is 8.97. The van der Waals surface area contributed by atoms with Gasteiger partial charge in [0.15, 0.2) is 0 Å². The van der Waals surface area contributed by atoms with Gasteiger partial charge in [0.25, 0.3) is 0 Å². The Labute approximate surface area is 180 Å². The zero-order valence-corrected chi connectivity index (χ0v) is 17.3. The predicted octanol–water partition coefficient (Wildman–Crippen LogP) is 6.06. The molecule has 4 heterocycles. The van der Waals surface area contributed by atoms with Gasteiger partial charge in [0, 0.05) is 62.2 Å². The zero-order chi connectivity index (χ0) is 20.0. The number of carbonyl (C=O) groups excluding carboxylic acids is 1. The summed E-state index contributed by atoms with van der Waals surface area (Å²) in [6.45, 7) is 0. The quantitative estimate of drug-likeness (QED) is 0.406. The zero-order valence-electron chi connectivity index (χ0n) is 15.0. The molecule has 1 aliphatic heterocycles. The number of hydrogen-bond donors (Lipinski definition) is 2. The van der Waals surface area contributed by atoms with Crippen LogP contribution in [0.15, 0.2) is 48.9 Å². The van der Waals surface area contributed by atoms with Gasteiger partial charge >= 0.3 is 0 Å². The van der Waals surface area contributed by atoms with Crippen molar-refractivity contribution in [2.24, 2.45) is 0 Å². The molecule has 5 nitrogen and oxygen atoms in total. The molecule has 2 N–H and O–H groups in total. The lowest BCUT2D eigenvalue weighted by Crippen LogP contribution is -2.20. The molecule has 0 radical (unpaired) electrons. The molecule has 0 unspecified atom stereocenters. The van der Waals surface area contributed by atoms with Gasteiger partial charge in [-0.3, -0.25) is 4.79 Å². The summed E-state index contributed by atoms with van der Waals surface area (Å²) >= 11 is 14.2. The average molecular weight is 441 g/mol. The highest BCUT2D eigenvalue weighted by molar-refractivity contribution is 7.19. The van der Waals surface area contributed by atoms with E-state index in [0.717, 1.165) is 37.8 Å². The van der Waals surface area contributed by atoms with E-state index in [0.29, 0.717) is 28.7 Å². The predicted molar refractivity (Wildman–Crippen MR) is 118 cm³/mol. The Hall–Kier alpha value is -2.67. The van der Waals surface area contributed by atoms with Crippen molar-refractivity contribution in [3.05, 3.63) is 64.5 Å². The van der Waals surface area contributed by atoms with E-state index < -0.39 is 0 Å². The van der Waals surface area contributed by atoms with Crippen LogP contribution in [0.5, 0.6) is 0 Å². The van der Waals surface area contributed by atoms with Crippen LogP contribution in [0, 0.1) is 0 Å². The first-order chi connectivity index (χ1) is 14.1. The monoisotopic (exact) mass is 440 g/mol. The molecule has 1 amide bonds. The second-order valence-corrected chi connectivity index (χ2v) is 8.55. The number of amides is 1. The van der Waals surface area contributed by atoms with Crippen molar-refractivity contribution < 1.29 is 4.79 Å². The number of imidazole rings is 1. The maximum atomic E-state index is 11.8. The molecule has 0 atom stereocenters. The third-order valence-electron chi connectivity index (χ3n) is 4.85. The highest BCUT2D eigenvalue weighted by atomic mass is 35.5. The molecule has 0 aliphatic carbocycles. The number of nitrogens with one attached hydrogen (secondary N) is 2. The van der Waals surface area contributed by atoms with Gasteiger partial charge in [0.05, 0.1) is 4.88 Å². The average Bonchev–Trinajstić information content (AvgIpc) is 3.37. The lowest BCUT2D eigenvalue weighted by molar-refractivity contribution is -0.116. The molecule has 1 aliphatic rings. The maximum absolute atomic E-state index is 11.8. The second-order valence-electron chi connectivity index (χ2n) is 6.65. The minimum Gasteiger partial charge on any atom is -0.344 e. The Morgan fingerprint density at radius 2 is 1.86 bits per heavy atom. The van der Waals surface area contributed by atoms with Gasteiger partial charge in [-0.2, -0.15) is 0 Å². The fourth-order valence-corrected chi connectivity index (χ4v) is 5.21. The van der Waals surface area contributed by atoms with Crippen LogP contribution in [0.4, 0.5) is 5.82 Å². The lowest BCUT2D eigenvalue weighted by Gasteiger charge is -2.18. The van der Waals surface area contributed by atoms with Gasteiger partial charge in [-0.05, 0) is 30.7 Å². The van der Waals surface area contributed by atoms with Gasteiger partial charge in [-0.15, -0.1) is 11.3 Å². The van der Waals surface area contributed by atoms with Crippen molar-refractivity contribution >= 4 is 46.3 Å². The number of aromatic amines is 1. The number of benzene rings is 1. The molecular weight excluding hydrogens is 427 g/mol. The summed E-state index contributed by atoms with van der Waals surface area (Å²) in [7, 11) is 0. The molecule has 0 saturated heterocycles. The molecule has 5 rings (SSSR count). The van der Waals surface area contributed by atoms with E-state index >= 15 is 0 Å². The van der Waals surface area contributed by atoms with Crippen molar-refractivity contribution in [1.29, 1.82) is 0 Å². The third kappa shape index (κ3) is 3.33. The number of thiophene rings is 1. The van der Waals surface area contributed by atoms with Crippen molar-refractivity contribution in [2.75, 3.05) is 5.32 Å². The number of pyridine rings is 1. The Balaban J connectivity index is 1.71. The number of rotatable bonds is 3. The maximum Gasteiger partial charge on any atom is 0.225 e. The van der Waals surface area contributed by atoms with Crippen LogP contribution in [0.25, 0.3) is 32.3 Å². The Kier molecular flexibility index (Phi) is 4.62. The summed E-state index contributed by atoms with van der Waals surface area (Å²) in [6, 6.07) is 9.59. The van der Waals surface area contributed by atoms with Gasteiger partial charge in [0.1, 0.15) is 11.6 Å². The van der Waals surface area contributed by atoms with E-state index in [1.54, 1.807) is 36.0 Å². The highest BCUT2D eigenvalue weighted by Crippen LogP contribution is 2.46. The number of fused-ring (bicyclic) bond motifs is 1. The molecule has 29 heavy (non-hydrogen) atoms. The smallest absolute Gasteiger partial charge is 0.225 e. The van der Waals surface area contributed by atoms with E-state index in [4.69, 9.17) is 23.2 Å². The number of nitrogens with zero attached hydrogens (tertiary/aromatic N) is 2. The first-order valence-corrected chi connectivity index (χ1v) is 10.5. The standard InChI is InChI=1S/C21H14Cl2N4OS/c22-11-1-2-12(16(23)9-11)15-10-17(29-19(15)21-25-7-8-26-21)13-5-6-24-20-14(13)3-4-18(28)27-20/h1-2,5-10H,3-4H2,(H,25,26)(H,24,27,28).